The smallest absolute Gasteiger partial charge is 0.333 e. The summed E-state index contributed by atoms with van der Waals surface area (Å²) < 4.78 is 8.02. The Morgan fingerprint density at radius 3 is 2.50 bits per heavy atom. The minimum absolute atomic E-state index is 0.119. The number of rotatable bonds is 2. The fraction of sp³-hybridized carbons (Fsp3) is 0.800. The van der Waals surface area contributed by atoms with Gasteiger partial charge in [-0.1, -0.05) is 12.8 Å². The molecule has 7 nitrogen and oxygen atoms in total. The maximum Gasteiger partial charge on any atom is 0.333 e. The van der Waals surface area contributed by atoms with Crippen LogP contribution >= 0.6 is 0 Å². The van der Waals surface area contributed by atoms with Crippen molar-refractivity contribution in [2.75, 3.05) is 18.0 Å². The Kier molecular flexibility index (Phi) is 3.43. The normalized spacial score (nSPS) is 23.2. The second kappa shape index (κ2) is 4.94. The average Bonchev–Trinajstić information content (AvgIpc) is 2.91. The number of aryl methyl sites for hydroxylation is 2. The Morgan fingerprint density at radius 1 is 1.27 bits per heavy atom. The van der Waals surface area contributed by atoms with Gasteiger partial charge in [0.1, 0.15) is 5.69 Å². The molecule has 0 aromatic carbocycles. The summed E-state index contributed by atoms with van der Waals surface area (Å²) in [4.78, 5) is 13.3. The monoisotopic (exact) mass is 308 g/mol. The number of morpholine rings is 1. The highest BCUT2D eigenvalue weighted by molar-refractivity contribution is 5.62. The van der Waals surface area contributed by atoms with Gasteiger partial charge in [0, 0.05) is 20.1 Å². The lowest BCUT2D eigenvalue weighted by molar-refractivity contribution is -0.384. The molecule has 1 saturated carbocycles. The largest absolute Gasteiger partial charge is 0.365 e. The number of nitro groups is 1. The topological polar surface area (TPSA) is 73.4 Å². The Balaban J connectivity index is 2.02. The lowest BCUT2D eigenvalue weighted by atomic mass is 9.94. The van der Waals surface area contributed by atoms with Crippen molar-refractivity contribution in [1.29, 1.82) is 0 Å². The second-order valence-corrected chi connectivity index (χ2v) is 7.25. The fourth-order valence-electron chi connectivity index (χ4n) is 4.15. The molecule has 2 fully saturated rings. The molecule has 1 saturated heterocycles. The zero-order chi connectivity index (χ0) is 16.1. The molecular formula is C15H24N4O3. The average molecular weight is 308 g/mol. The molecule has 1 aromatic rings. The van der Waals surface area contributed by atoms with Crippen LogP contribution < -0.4 is 4.90 Å². The Bertz CT molecular complexity index is 602. The summed E-state index contributed by atoms with van der Waals surface area (Å²) in [6, 6.07) is 0. The first-order valence-electron chi connectivity index (χ1n) is 7.86. The van der Waals surface area contributed by atoms with Gasteiger partial charge in [-0.05, 0) is 33.6 Å². The molecule has 3 rings (SSSR count). The third kappa shape index (κ3) is 2.47. The number of anilines is 1. The summed E-state index contributed by atoms with van der Waals surface area (Å²) in [5.74, 6) is 0.602. The van der Waals surface area contributed by atoms with E-state index in [0.717, 1.165) is 25.7 Å². The fourth-order valence-corrected chi connectivity index (χ4v) is 4.15. The van der Waals surface area contributed by atoms with E-state index in [-0.39, 0.29) is 21.8 Å². The number of hydrogen-bond acceptors (Lipinski definition) is 5. The lowest BCUT2D eigenvalue weighted by Gasteiger charge is -2.49. The Hall–Kier alpha value is -1.63. The molecule has 1 aromatic heterocycles. The van der Waals surface area contributed by atoms with Gasteiger partial charge in [0.25, 0.3) is 0 Å². The molecular weight excluding hydrogens is 284 g/mol. The molecule has 2 heterocycles. The Morgan fingerprint density at radius 2 is 1.91 bits per heavy atom. The van der Waals surface area contributed by atoms with E-state index in [1.165, 1.54) is 0 Å². The van der Waals surface area contributed by atoms with Crippen LogP contribution in [0, 0.1) is 17.0 Å². The van der Waals surface area contributed by atoms with Crippen molar-refractivity contribution < 1.29 is 9.66 Å². The molecule has 0 N–H and O–H groups in total. The van der Waals surface area contributed by atoms with Crippen LogP contribution in [-0.4, -0.2) is 39.0 Å². The number of aromatic nitrogens is 2. The summed E-state index contributed by atoms with van der Waals surface area (Å²) in [6.45, 7) is 7.16. The van der Waals surface area contributed by atoms with Crippen LogP contribution in [0.2, 0.25) is 0 Å². The molecule has 0 atom stereocenters. The minimum Gasteiger partial charge on any atom is -0.365 e. The van der Waals surface area contributed by atoms with Gasteiger partial charge in [-0.25, -0.2) is 4.68 Å². The molecule has 1 aliphatic heterocycles. The summed E-state index contributed by atoms with van der Waals surface area (Å²) in [6.07, 6.45) is 4.38. The van der Waals surface area contributed by atoms with Gasteiger partial charge in [0.15, 0.2) is 0 Å². The zero-order valence-corrected chi connectivity index (χ0v) is 13.8. The van der Waals surface area contributed by atoms with Gasteiger partial charge < -0.3 is 9.64 Å². The van der Waals surface area contributed by atoms with E-state index in [4.69, 9.17) is 4.74 Å². The molecule has 22 heavy (non-hydrogen) atoms. The molecule has 2 aliphatic rings. The van der Waals surface area contributed by atoms with Gasteiger partial charge in [0.2, 0.25) is 5.82 Å². The van der Waals surface area contributed by atoms with Gasteiger partial charge in [-0.15, -0.1) is 0 Å². The zero-order valence-electron chi connectivity index (χ0n) is 13.8. The van der Waals surface area contributed by atoms with Gasteiger partial charge in [0.05, 0.1) is 16.1 Å². The van der Waals surface area contributed by atoms with Crippen molar-refractivity contribution in [1.82, 2.24) is 9.78 Å². The first-order chi connectivity index (χ1) is 10.2. The minimum atomic E-state index is -0.325. The van der Waals surface area contributed by atoms with Crippen LogP contribution in [0.5, 0.6) is 0 Å². The van der Waals surface area contributed by atoms with E-state index in [0.29, 0.717) is 24.6 Å². The SMILES string of the molecule is Cc1nn(C)c(N2CC(C)(C)OC3(CCCC3)C2)c1[N+](=O)[O-]. The van der Waals surface area contributed by atoms with Crippen LogP contribution in [0.15, 0.2) is 0 Å². The number of nitrogens with zero attached hydrogens (tertiary/aromatic N) is 4. The van der Waals surface area contributed by atoms with Crippen molar-refractivity contribution >= 4 is 11.5 Å². The summed E-state index contributed by atoms with van der Waals surface area (Å²) in [5.41, 5.74) is 0.0863. The van der Waals surface area contributed by atoms with Gasteiger partial charge in [-0.3, -0.25) is 10.1 Å². The highest BCUT2D eigenvalue weighted by atomic mass is 16.6. The van der Waals surface area contributed by atoms with Crippen LogP contribution in [0.3, 0.4) is 0 Å². The second-order valence-electron chi connectivity index (χ2n) is 7.25. The number of hydrogen-bond donors (Lipinski definition) is 0. The van der Waals surface area contributed by atoms with Crippen LogP contribution in [0.1, 0.15) is 45.2 Å². The van der Waals surface area contributed by atoms with Crippen LogP contribution in [0.4, 0.5) is 11.5 Å². The lowest BCUT2D eigenvalue weighted by Crippen LogP contribution is -2.59. The van der Waals surface area contributed by atoms with E-state index in [2.05, 4.69) is 23.8 Å². The molecule has 122 valence electrons. The Labute approximate surface area is 130 Å². The first-order valence-corrected chi connectivity index (χ1v) is 7.86. The van der Waals surface area contributed by atoms with Crippen molar-refractivity contribution in [3.8, 4) is 0 Å². The van der Waals surface area contributed by atoms with E-state index in [1.807, 2.05) is 0 Å². The molecule has 1 spiro atoms. The van der Waals surface area contributed by atoms with Crippen molar-refractivity contribution in [2.45, 2.75) is 57.7 Å². The maximum atomic E-state index is 11.5. The van der Waals surface area contributed by atoms with Crippen LogP contribution in [-0.2, 0) is 11.8 Å². The van der Waals surface area contributed by atoms with Crippen molar-refractivity contribution in [2.24, 2.45) is 7.05 Å². The van der Waals surface area contributed by atoms with Crippen molar-refractivity contribution in [3.05, 3.63) is 15.8 Å². The van der Waals surface area contributed by atoms with E-state index in [1.54, 1.807) is 18.7 Å². The standard InChI is InChI=1S/C15H24N4O3/c1-11-12(19(20)21)13(17(4)16-11)18-9-14(2,3)22-15(10-18)7-5-6-8-15/h5-10H2,1-4H3. The predicted octanol–water partition coefficient (Wildman–Crippen LogP) is 2.56. The third-order valence-corrected chi connectivity index (χ3v) is 4.70. The van der Waals surface area contributed by atoms with Crippen molar-refractivity contribution in [3.63, 3.8) is 0 Å². The molecule has 0 radical (unpaired) electrons. The highest BCUT2D eigenvalue weighted by Crippen LogP contribution is 2.43. The van der Waals surface area contributed by atoms with Crippen LogP contribution in [0.25, 0.3) is 0 Å². The third-order valence-electron chi connectivity index (χ3n) is 4.70. The first kappa shape index (κ1) is 15.3. The molecule has 1 aliphatic carbocycles. The quantitative estimate of drug-likeness (QED) is 0.620. The molecule has 0 amide bonds. The summed E-state index contributed by atoms with van der Waals surface area (Å²) in [7, 11) is 1.78. The predicted molar refractivity (Wildman–Crippen MR) is 83.2 cm³/mol. The van der Waals surface area contributed by atoms with Gasteiger partial charge in [-0.2, -0.15) is 5.10 Å². The van der Waals surface area contributed by atoms with Gasteiger partial charge >= 0.3 is 5.69 Å². The van der Waals surface area contributed by atoms with E-state index in [9.17, 15) is 10.1 Å². The molecule has 0 unspecified atom stereocenters. The van der Waals surface area contributed by atoms with E-state index >= 15 is 0 Å². The summed E-state index contributed by atoms with van der Waals surface area (Å²) >= 11 is 0. The molecule has 0 bridgehead atoms. The van der Waals surface area contributed by atoms with E-state index < -0.39 is 0 Å². The number of ether oxygens (including phenoxy) is 1. The molecule has 7 heteroatoms. The highest BCUT2D eigenvalue weighted by Gasteiger charge is 2.47. The maximum absolute atomic E-state index is 11.5. The summed E-state index contributed by atoms with van der Waals surface area (Å²) in [5, 5.41) is 15.7.